The van der Waals surface area contributed by atoms with Crippen molar-refractivity contribution in [3.05, 3.63) is 29.6 Å². The van der Waals surface area contributed by atoms with E-state index >= 15 is 0 Å². The van der Waals surface area contributed by atoms with E-state index in [4.69, 9.17) is 15.2 Å². The SMILES string of the molecule is CCOCC(C)Oc1c(F)cccc1[C@H](C)N. The van der Waals surface area contributed by atoms with E-state index in [9.17, 15) is 4.39 Å². The molecule has 0 amide bonds. The predicted molar refractivity (Wildman–Crippen MR) is 65.6 cm³/mol. The van der Waals surface area contributed by atoms with Crippen LogP contribution < -0.4 is 10.5 Å². The number of benzene rings is 1. The highest BCUT2D eigenvalue weighted by Crippen LogP contribution is 2.27. The van der Waals surface area contributed by atoms with E-state index < -0.39 is 0 Å². The molecule has 0 aliphatic rings. The van der Waals surface area contributed by atoms with Crippen LogP contribution in [0, 0.1) is 5.82 Å². The lowest BCUT2D eigenvalue weighted by molar-refractivity contribution is 0.0630. The van der Waals surface area contributed by atoms with Crippen LogP contribution in [-0.2, 0) is 4.74 Å². The van der Waals surface area contributed by atoms with Crippen molar-refractivity contribution >= 4 is 0 Å². The van der Waals surface area contributed by atoms with E-state index in [0.29, 0.717) is 18.8 Å². The zero-order chi connectivity index (χ0) is 12.8. The Labute approximate surface area is 102 Å². The van der Waals surface area contributed by atoms with Gasteiger partial charge in [0.1, 0.15) is 6.10 Å². The van der Waals surface area contributed by atoms with Gasteiger partial charge >= 0.3 is 0 Å². The first-order valence-corrected chi connectivity index (χ1v) is 5.84. The molecule has 1 rings (SSSR count). The maximum absolute atomic E-state index is 13.7. The smallest absolute Gasteiger partial charge is 0.165 e. The lowest BCUT2D eigenvalue weighted by Crippen LogP contribution is -2.21. The average molecular weight is 241 g/mol. The van der Waals surface area contributed by atoms with Crippen LogP contribution in [-0.4, -0.2) is 19.3 Å². The molecule has 1 aromatic carbocycles. The van der Waals surface area contributed by atoms with Gasteiger partial charge < -0.3 is 15.2 Å². The van der Waals surface area contributed by atoms with E-state index in [2.05, 4.69) is 0 Å². The summed E-state index contributed by atoms with van der Waals surface area (Å²) >= 11 is 0. The highest BCUT2D eigenvalue weighted by molar-refractivity contribution is 5.37. The molecular formula is C13H20FNO2. The van der Waals surface area contributed by atoms with Crippen LogP contribution in [0.25, 0.3) is 0 Å². The van der Waals surface area contributed by atoms with Crippen LogP contribution in [0.2, 0.25) is 0 Å². The minimum atomic E-state index is -0.386. The maximum Gasteiger partial charge on any atom is 0.165 e. The summed E-state index contributed by atoms with van der Waals surface area (Å²) in [5.41, 5.74) is 6.46. The van der Waals surface area contributed by atoms with Gasteiger partial charge in [0, 0.05) is 18.2 Å². The topological polar surface area (TPSA) is 44.5 Å². The fraction of sp³-hybridized carbons (Fsp3) is 0.538. The van der Waals surface area contributed by atoms with Crippen LogP contribution in [0.15, 0.2) is 18.2 Å². The number of halogens is 1. The Morgan fingerprint density at radius 3 is 2.65 bits per heavy atom. The van der Waals surface area contributed by atoms with Gasteiger partial charge in [-0.1, -0.05) is 12.1 Å². The van der Waals surface area contributed by atoms with E-state index in [1.807, 2.05) is 13.8 Å². The Balaban J connectivity index is 2.81. The van der Waals surface area contributed by atoms with Crippen molar-refractivity contribution in [1.82, 2.24) is 0 Å². The number of ether oxygens (including phenoxy) is 2. The van der Waals surface area contributed by atoms with Gasteiger partial charge in [0.15, 0.2) is 11.6 Å². The molecule has 2 atom stereocenters. The van der Waals surface area contributed by atoms with Crippen molar-refractivity contribution in [2.75, 3.05) is 13.2 Å². The molecule has 0 saturated carbocycles. The van der Waals surface area contributed by atoms with Crippen molar-refractivity contribution in [2.24, 2.45) is 5.73 Å². The Morgan fingerprint density at radius 2 is 2.06 bits per heavy atom. The minimum absolute atomic E-state index is 0.204. The van der Waals surface area contributed by atoms with E-state index in [1.54, 1.807) is 19.1 Å². The van der Waals surface area contributed by atoms with Gasteiger partial charge in [-0.25, -0.2) is 4.39 Å². The average Bonchev–Trinajstić information content (AvgIpc) is 2.28. The number of hydrogen-bond acceptors (Lipinski definition) is 3. The van der Waals surface area contributed by atoms with Crippen LogP contribution >= 0.6 is 0 Å². The summed E-state index contributed by atoms with van der Waals surface area (Å²) in [7, 11) is 0. The first-order chi connectivity index (χ1) is 8.06. The highest BCUT2D eigenvalue weighted by Gasteiger charge is 2.15. The summed E-state index contributed by atoms with van der Waals surface area (Å²) < 4.78 is 24.5. The Kier molecular flexibility index (Phi) is 5.38. The molecule has 96 valence electrons. The molecule has 0 bridgehead atoms. The summed E-state index contributed by atoms with van der Waals surface area (Å²) in [5.74, 6) is -0.155. The first-order valence-electron chi connectivity index (χ1n) is 5.84. The standard InChI is InChI=1S/C13H20FNO2/c1-4-16-8-9(2)17-13-11(10(3)15)6-5-7-12(13)14/h5-7,9-10H,4,8,15H2,1-3H3/t9?,10-/m0/s1. The summed E-state index contributed by atoms with van der Waals surface area (Å²) in [6.45, 7) is 6.60. The number of nitrogens with two attached hydrogens (primary N) is 1. The zero-order valence-electron chi connectivity index (χ0n) is 10.6. The number of hydrogen-bond donors (Lipinski definition) is 1. The lowest BCUT2D eigenvalue weighted by Gasteiger charge is -2.19. The van der Waals surface area contributed by atoms with E-state index in [0.717, 1.165) is 0 Å². The molecule has 0 radical (unpaired) electrons. The zero-order valence-corrected chi connectivity index (χ0v) is 10.6. The fourth-order valence-electron chi connectivity index (χ4n) is 1.53. The van der Waals surface area contributed by atoms with Gasteiger partial charge in [-0.3, -0.25) is 0 Å². The van der Waals surface area contributed by atoms with E-state index in [1.165, 1.54) is 6.07 Å². The Hall–Kier alpha value is -1.13. The van der Waals surface area contributed by atoms with Crippen molar-refractivity contribution in [3.63, 3.8) is 0 Å². The number of rotatable bonds is 6. The molecular weight excluding hydrogens is 221 g/mol. The monoisotopic (exact) mass is 241 g/mol. The predicted octanol–water partition coefficient (Wildman–Crippen LogP) is 2.65. The number of para-hydroxylation sites is 1. The summed E-state index contributed by atoms with van der Waals surface area (Å²) in [4.78, 5) is 0. The molecule has 0 aliphatic carbocycles. The molecule has 0 aliphatic heterocycles. The third-order valence-electron chi connectivity index (χ3n) is 2.36. The van der Waals surface area contributed by atoms with Crippen LogP contribution in [0.5, 0.6) is 5.75 Å². The highest BCUT2D eigenvalue weighted by atomic mass is 19.1. The van der Waals surface area contributed by atoms with Crippen molar-refractivity contribution in [3.8, 4) is 5.75 Å². The maximum atomic E-state index is 13.7. The molecule has 17 heavy (non-hydrogen) atoms. The Morgan fingerprint density at radius 1 is 1.35 bits per heavy atom. The molecule has 2 N–H and O–H groups in total. The molecule has 0 saturated heterocycles. The second-order valence-electron chi connectivity index (χ2n) is 4.03. The molecule has 1 unspecified atom stereocenters. The second kappa shape index (κ2) is 6.57. The molecule has 4 heteroatoms. The normalized spacial score (nSPS) is 14.4. The summed E-state index contributed by atoms with van der Waals surface area (Å²) in [5, 5.41) is 0. The van der Waals surface area contributed by atoms with Crippen molar-refractivity contribution < 1.29 is 13.9 Å². The second-order valence-corrected chi connectivity index (χ2v) is 4.03. The van der Waals surface area contributed by atoms with Crippen LogP contribution in [0.3, 0.4) is 0 Å². The molecule has 1 aromatic rings. The van der Waals surface area contributed by atoms with Gasteiger partial charge in [-0.15, -0.1) is 0 Å². The van der Waals surface area contributed by atoms with Crippen LogP contribution in [0.1, 0.15) is 32.4 Å². The summed E-state index contributed by atoms with van der Waals surface area (Å²) in [6.07, 6.45) is -0.204. The van der Waals surface area contributed by atoms with Crippen molar-refractivity contribution in [1.29, 1.82) is 0 Å². The van der Waals surface area contributed by atoms with Gasteiger partial charge in [-0.05, 0) is 26.8 Å². The van der Waals surface area contributed by atoms with E-state index in [-0.39, 0.29) is 23.7 Å². The summed E-state index contributed by atoms with van der Waals surface area (Å²) in [6, 6.07) is 4.51. The first kappa shape index (κ1) is 13.9. The van der Waals surface area contributed by atoms with Gasteiger partial charge in [0.2, 0.25) is 0 Å². The molecule has 0 spiro atoms. The minimum Gasteiger partial charge on any atom is -0.485 e. The third-order valence-corrected chi connectivity index (χ3v) is 2.36. The van der Waals surface area contributed by atoms with Crippen molar-refractivity contribution in [2.45, 2.75) is 32.9 Å². The quantitative estimate of drug-likeness (QED) is 0.832. The molecule has 0 fully saturated rings. The van der Waals surface area contributed by atoms with Gasteiger partial charge in [-0.2, -0.15) is 0 Å². The molecule has 0 heterocycles. The van der Waals surface area contributed by atoms with Crippen LogP contribution in [0.4, 0.5) is 4.39 Å². The molecule has 0 aromatic heterocycles. The fourth-order valence-corrected chi connectivity index (χ4v) is 1.53. The Bertz CT molecular complexity index is 355. The molecule has 3 nitrogen and oxygen atoms in total. The largest absolute Gasteiger partial charge is 0.485 e. The van der Waals surface area contributed by atoms with Gasteiger partial charge in [0.05, 0.1) is 6.61 Å². The third kappa shape index (κ3) is 3.98. The lowest BCUT2D eigenvalue weighted by atomic mass is 10.1. The van der Waals surface area contributed by atoms with Gasteiger partial charge in [0.25, 0.3) is 0 Å².